The van der Waals surface area contributed by atoms with Crippen molar-refractivity contribution in [1.29, 1.82) is 0 Å². The minimum Gasteiger partial charge on any atom is -0.493 e. The molecule has 0 saturated heterocycles. The van der Waals surface area contributed by atoms with Gasteiger partial charge in [-0.3, -0.25) is 14.5 Å². The van der Waals surface area contributed by atoms with Crippen LogP contribution < -0.4 is 19.8 Å². The molecule has 0 unspecified atom stereocenters. The van der Waals surface area contributed by atoms with Crippen LogP contribution >= 0.6 is 22.9 Å². The van der Waals surface area contributed by atoms with E-state index in [9.17, 15) is 9.59 Å². The molecule has 174 valence electrons. The molecular formula is C25H21ClN2O5S. The number of ether oxygens (including phenoxy) is 2. The topological polar surface area (TPSA) is 81.9 Å². The van der Waals surface area contributed by atoms with E-state index in [1.807, 2.05) is 25.3 Å². The van der Waals surface area contributed by atoms with Crippen LogP contribution in [-0.2, 0) is 0 Å². The van der Waals surface area contributed by atoms with Crippen molar-refractivity contribution in [3.05, 3.63) is 79.6 Å². The van der Waals surface area contributed by atoms with Gasteiger partial charge in [-0.15, -0.1) is 11.3 Å². The number of rotatable bonds is 6. The molecule has 1 atom stereocenters. The minimum absolute atomic E-state index is 0.00273. The second-order valence-corrected chi connectivity index (χ2v) is 9.20. The molecule has 1 amide bonds. The molecule has 4 aromatic rings. The number of aromatic nitrogens is 1. The maximum atomic E-state index is 13.7. The van der Waals surface area contributed by atoms with E-state index in [0.29, 0.717) is 44.8 Å². The van der Waals surface area contributed by atoms with Crippen LogP contribution in [0.25, 0.3) is 11.0 Å². The Morgan fingerprint density at radius 2 is 2.00 bits per heavy atom. The maximum Gasteiger partial charge on any atom is 0.297 e. The first-order valence-electron chi connectivity index (χ1n) is 10.8. The highest BCUT2D eigenvalue weighted by atomic mass is 35.5. The Morgan fingerprint density at radius 1 is 1.18 bits per heavy atom. The smallest absolute Gasteiger partial charge is 0.297 e. The average molecular weight is 497 g/mol. The number of carbonyl (C=O) groups is 1. The Kier molecular flexibility index (Phi) is 5.79. The maximum absolute atomic E-state index is 13.7. The lowest BCUT2D eigenvalue weighted by Gasteiger charge is -2.23. The van der Waals surface area contributed by atoms with E-state index >= 15 is 0 Å². The third-order valence-electron chi connectivity index (χ3n) is 5.61. The van der Waals surface area contributed by atoms with Crippen LogP contribution in [0.3, 0.4) is 0 Å². The van der Waals surface area contributed by atoms with Crippen molar-refractivity contribution in [3.8, 4) is 11.5 Å². The lowest BCUT2D eigenvalue weighted by atomic mass is 9.98. The fourth-order valence-electron chi connectivity index (χ4n) is 4.10. The number of anilines is 1. The van der Waals surface area contributed by atoms with E-state index in [-0.39, 0.29) is 16.8 Å². The van der Waals surface area contributed by atoms with Crippen LogP contribution in [0.15, 0.2) is 51.0 Å². The summed E-state index contributed by atoms with van der Waals surface area (Å²) in [6, 6.07) is 9.43. The van der Waals surface area contributed by atoms with E-state index in [1.54, 1.807) is 37.4 Å². The summed E-state index contributed by atoms with van der Waals surface area (Å²) in [6.07, 6.45) is 0.850. The summed E-state index contributed by atoms with van der Waals surface area (Å²) in [5, 5.41) is 3.06. The van der Waals surface area contributed by atoms with E-state index in [2.05, 4.69) is 4.98 Å². The average Bonchev–Trinajstić information content (AvgIpc) is 3.39. The largest absolute Gasteiger partial charge is 0.493 e. The summed E-state index contributed by atoms with van der Waals surface area (Å²) in [7, 11) is 1.55. The Hall–Kier alpha value is -3.36. The van der Waals surface area contributed by atoms with Crippen LogP contribution in [0.5, 0.6) is 11.5 Å². The molecule has 5 rings (SSSR count). The number of aryl methyl sites for hydroxylation is 1. The van der Waals surface area contributed by atoms with Crippen molar-refractivity contribution in [2.24, 2.45) is 0 Å². The van der Waals surface area contributed by atoms with Gasteiger partial charge in [-0.05, 0) is 49.2 Å². The molecule has 34 heavy (non-hydrogen) atoms. The SMILES string of the molecule is CCCOc1ccc([C@H]2c3c(oc4ccc(Cl)cc4c3=O)C(=O)N2c2nc(C)cs2)cc1OC. The van der Waals surface area contributed by atoms with E-state index in [4.69, 9.17) is 25.5 Å². The third kappa shape index (κ3) is 3.63. The number of fused-ring (bicyclic) bond motifs is 2. The minimum atomic E-state index is -0.748. The summed E-state index contributed by atoms with van der Waals surface area (Å²) < 4.78 is 17.3. The summed E-state index contributed by atoms with van der Waals surface area (Å²) >= 11 is 7.48. The molecule has 1 aliphatic heterocycles. The van der Waals surface area contributed by atoms with Gasteiger partial charge in [0.25, 0.3) is 5.91 Å². The normalized spacial score (nSPS) is 15.1. The highest BCUT2D eigenvalue weighted by Gasteiger charge is 2.45. The quantitative estimate of drug-likeness (QED) is 0.337. The fourth-order valence-corrected chi connectivity index (χ4v) is 5.09. The zero-order valence-corrected chi connectivity index (χ0v) is 20.3. The van der Waals surface area contributed by atoms with Gasteiger partial charge in [0.05, 0.1) is 36.4 Å². The predicted octanol–water partition coefficient (Wildman–Crippen LogP) is 5.76. The van der Waals surface area contributed by atoms with Crippen molar-refractivity contribution >= 4 is 44.9 Å². The Bertz CT molecular complexity index is 1480. The summed E-state index contributed by atoms with van der Waals surface area (Å²) in [5.41, 5.74) is 1.70. The number of halogens is 1. The van der Waals surface area contributed by atoms with Gasteiger partial charge in [-0.2, -0.15) is 0 Å². The molecule has 0 radical (unpaired) electrons. The molecule has 2 aromatic carbocycles. The van der Waals surface area contributed by atoms with Crippen molar-refractivity contribution < 1.29 is 18.7 Å². The van der Waals surface area contributed by atoms with Gasteiger partial charge < -0.3 is 13.9 Å². The number of amides is 1. The molecule has 0 fully saturated rings. The highest BCUT2D eigenvalue weighted by Crippen LogP contribution is 2.44. The van der Waals surface area contributed by atoms with Crippen LogP contribution in [0.1, 0.15) is 46.8 Å². The summed E-state index contributed by atoms with van der Waals surface area (Å²) in [4.78, 5) is 33.3. The van der Waals surface area contributed by atoms with Gasteiger partial charge in [0.15, 0.2) is 22.1 Å². The van der Waals surface area contributed by atoms with Crippen molar-refractivity contribution in [2.45, 2.75) is 26.3 Å². The first-order chi connectivity index (χ1) is 16.4. The third-order valence-corrected chi connectivity index (χ3v) is 6.80. The fraction of sp³-hybridized carbons (Fsp3) is 0.240. The number of hydrogen-bond acceptors (Lipinski definition) is 7. The van der Waals surface area contributed by atoms with Crippen molar-refractivity contribution in [2.75, 3.05) is 18.6 Å². The summed E-state index contributed by atoms with van der Waals surface area (Å²) in [6.45, 7) is 4.41. The second-order valence-electron chi connectivity index (χ2n) is 7.92. The highest BCUT2D eigenvalue weighted by molar-refractivity contribution is 7.14. The molecule has 0 N–H and O–H groups in total. The Balaban J connectivity index is 1.75. The number of carbonyl (C=O) groups excluding carboxylic acids is 1. The van der Waals surface area contributed by atoms with Gasteiger partial charge in [0, 0.05) is 10.4 Å². The molecule has 3 heterocycles. The lowest BCUT2D eigenvalue weighted by molar-refractivity contribution is 0.0971. The van der Waals surface area contributed by atoms with Crippen LogP contribution in [0.4, 0.5) is 5.13 Å². The number of hydrogen-bond donors (Lipinski definition) is 0. The van der Waals surface area contributed by atoms with Gasteiger partial charge >= 0.3 is 0 Å². The Morgan fingerprint density at radius 3 is 2.71 bits per heavy atom. The van der Waals surface area contributed by atoms with E-state index < -0.39 is 11.9 Å². The van der Waals surface area contributed by atoms with Gasteiger partial charge in [-0.25, -0.2) is 4.98 Å². The van der Waals surface area contributed by atoms with Gasteiger partial charge in [0.2, 0.25) is 5.76 Å². The van der Waals surface area contributed by atoms with Gasteiger partial charge in [-0.1, -0.05) is 24.6 Å². The zero-order valence-electron chi connectivity index (χ0n) is 18.8. The van der Waals surface area contributed by atoms with Crippen molar-refractivity contribution in [1.82, 2.24) is 4.98 Å². The Labute approximate surface area is 204 Å². The van der Waals surface area contributed by atoms with Crippen LogP contribution in [-0.4, -0.2) is 24.6 Å². The first-order valence-corrected chi connectivity index (χ1v) is 12.0. The molecule has 7 nitrogen and oxygen atoms in total. The molecule has 2 aromatic heterocycles. The van der Waals surface area contributed by atoms with Crippen molar-refractivity contribution in [3.63, 3.8) is 0 Å². The van der Waals surface area contributed by atoms with Gasteiger partial charge in [0.1, 0.15) is 5.58 Å². The molecule has 0 spiro atoms. The first kappa shape index (κ1) is 22.4. The molecule has 0 saturated carbocycles. The molecule has 1 aliphatic rings. The molecular weight excluding hydrogens is 476 g/mol. The monoisotopic (exact) mass is 496 g/mol. The summed E-state index contributed by atoms with van der Waals surface area (Å²) in [5.74, 6) is 0.679. The predicted molar refractivity (Wildman–Crippen MR) is 132 cm³/mol. The molecule has 9 heteroatoms. The second kappa shape index (κ2) is 8.77. The molecule has 0 bridgehead atoms. The standard InChI is InChI=1S/C25H21ClN2O5S/c1-4-9-32-18-7-5-14(10-19(18)31-3)21-20-22(29)16-11-15(26)6-8-17(16)33-23(20)24(30)28(21)25-27-13(2)12-34-25/h5-8,10-12,21H,4,9H2,1-3H3/t21-/m0/s1. The van der Waals surface area contributed by atoms with E-state index in [1.165, 1.54) is 16.2 Å². The number of thiazole rings is 1. The number of nitrogens with zero attached hydrogens (tertiary/aromatic N) is 2. The van der Waals surface area contributed by atoms with Crippen LogP contribution in [0, 0.1) is 6.92 Å². The van der Waals surface area contributed by atoms with Crippen LogP contribution in [0.2, 0.25) is 5.02 Å². The number of methoxy groups -OCH3 is 1. The lowest BCUT2D eigenvalue weighted by Crippen LogP contribution is -2.29. The zero-order chi connectivity index (χ0) is 24.0. The number of benzene rings is 2. The molecule has 0 aliphatic carbocycles. The van der Waals surface area contributed by atoms with E-state index in [0.717, 1.165) is 12.1 Å².